The van der Waals surface area contributed by atoms with Crippen LogP contribution in [0.25, 0.3) is 0 Å². The Balaban J connectivity index is 1.93. The number of thiazole rings is 1. The Morgan fingerprint density at radius 3 is 3.05 bits per heavy atom. The Morgan fingerprint density at radius 1 is 1.60 bits per heavy atom. The highest BCUT2D eigenvalue weighted by molar-refractivity contribution is 7.09. The van der Waals surface area contributed by atoms with Crippen molar-refractivity contribution in [3.05, 3.63) is 16.1 Å². The van der Waals surface area contributed by atoms with Crippen LogP contribution in [0.2, 0.25) is 0 Å². The third-order valence-corrected chi connectivity index (χ3v) is 4.33. The second kappa shape index (κ2) is 6.81. The number of ether oxygens (including phenoxy) is 1. The van der Waals surface area contributed by atoms with Gasteiger partial charge in [0.25, 0.3) is 0 Å². The van der Waals surface area contributed by atoms with Gasteiger partial charge in [0.15, 0.2) is 0 Å². The predicted octanol–water partition coefficient (Wildman–Crippen LogP) is 0.556. The summed E-state index contributed by atoms with van der Waals surface area (Å²) in [6, 6.07) is 0. The highest BCUT2D eigenvalue weighted by Gasteiger charge is 2.29. The molecule has 0 spiro atoms. The summed E-state index contributed by atoms with van der Waals surface area (Å²) in [5.74, 6) is -0.429. The van der Waals surface area contributed by atoms with E-state index in [1.54, 1.807) is 4.90 Å². The van der Waals surface area contributed by atoms with E-state index < -0.39 is 0 Å². The fourth-order valence-electron chi connectivity index (χ4n) is 2.35. The number of aromatic nitrogens is 1. The molecule has 1 aliphatic rings. The molecule has 7 heteroatoms. The lowest BCUT2D eigenvalue weighted by Crippen LogP contribution is -2.43. The minimum atomic E-state index is -0.235. The lowest BCUT2D eigenvalue weighted by Gasteiger charge is -2.31. The van der Waals surface area contributed by atoms with E-state index >= 15 is 0 Å². The first kappa shape index (κ1) is 14.9. The number of rotatable bonds is 4. The normalized spacial score (nSPS) is 18.9. The minimum absolute atomic E-state index is 0.00692. The van der Waals surface area contributed by atoms with Gasteiger partial charge in [-0.2, -0.15) is 0 Å². The van der Waals surface area contributed by atoms with Crippen LogP contribution in [-0.4, -0.2) is 42.0 Å². The second-order valence-corrected chi connectivity index (χ2v) is 5.76. The summed E-state index contributed by atoms with van der Waals surface area (Å²) < 4.78 is 4.75. The molecular weight excluding hydrogens is 278 g/mol. The summed E-state index contributed by atoms with van der Waals surface area (Å²) in [5, 5.41) is 2.70. The van der Waals surface area contributed by atoms with Gasteiger partial charge in [-0.15, -0.1) is 11.3 Å². The van der Waals surface area contributed by atoms with E-state index in [1.165, 1.54) is 18.4 Å². The van der Waals surface area contributed by atoms with Crippen molar-refractivity contribution in [2.45, 2.75) is 25.8 Å². The number of nitrogens with zero attached hydrogens (tertiary/aromatic N) is 2. The number of carbonyl (C=O) groups excluding carboxylic acids is 2. The van der Waals surface area contributed by atoms with Gasteiger partial charge in [0, 0.05) is 25.0 Å². The van der Waals surface area contributed by atoms with Gasteiger partial charge in [-0.3, -0.25) is 9.59 Å². The molecule has 1 fully saturated rings. The molecule has 2 heterocycles. The number of esters is 1. The molecule has 110 valence electrons. The Morgan fingerprint density at radius 2 is 2.40 bits per heavy atom. The molecule has 1 aromatic rings. The van der Waals surface area contributed by atoms with Crippen molar-refractivity contribution < 1.29 is 14.3 Å². The van der Waals surface area contributed by atoms with Crippen molar-refractivity contribution >= 4 is 23.2 Å². The van der Waals surface area contributed by atoms with Crippen molar-refractivity contribution in [2.24, 2.45) is 11.7 Å². The Hall–Kier alpha value is -1.47. The molecule has 1 unspecified atom stereocenters. The zero-order chi connectivity index (χ0) is 14.5. The molecule has 1 aromatic heterocycles. The number of methoxy groups -OCH3 is 1. The van der Waals surface area contributed by atoms with Crippen LogP contribution in [0.5, 0.6) is 0 Å². The van der Waals surface area contributed by atoms with E-state index in [9.17, 15) is 9.59 Å². The average molecular weight is 297 g/mol. The average Bonchev–Trinajstić information content (AvgIpc) is 2.94. The summed E-state index contributed by atoms with van der Waals surface area (Å²) in [6.45, 7) is 1.53. The van der Waals surface area contributed by atoms with Crippen LogP contribution in [0.15, 0.2) is 5.38 Å². The maximum atomic E-state index is 12.2. The van der Waals surface area contributed by atoms with E-state index in [0.717, 1.165) is 23.5 Å². The van der Waals surface area contributed by atoms with Crippen LogP contribution in [0.1, 0.15) is 23.5 Å². The van der Waals surface area contributed by atoms with Crippen LogP contribution in [0.4, 0.5) is 0 Å². The van der Waals surface area contributed by atoms with Gasteiger partial charge >= 0.3 is 5.97 Å². The van der Waals surface area contributed by atoms with Crippen molar-refractivity contribution in [1.82, 2.24) is 9.88 Å². The molecule has 1 amide bonds. The zero-order valence-corrected chi connectivity index (χ0v) is 12.3. The lowest BCUT2D eigenvalue weighted by atomic mass is 9.98. The van der Waals surface area contributed by atoms with Gasteiger partial charge in [0.05, 0.1) is 25.1 Å². The molecule has 0 radical (unpaired) electrons. The topological polar surface area (TPSA) is 85.5 Å². The SMILES string of the molecule is COC(=O)C1CCCN(C(=O)Cc2csc(CN)n2)C1. The standard InChI is InChI=1S/C13H19N3O3S/c1-19-13(18)9-3-2-4-16(7-9)12(17)5-10-8-20-11(6-14)15-10/h8-9H,2-7,14H2,1H3. The fourth-order valence-corrected chi connectivity index (χ4v) is 3.03. The molecule has 20 heavy (non-hydrogen) atoms. The molecule has 0 aliphatic carbocycles. The number of piperidine rings is 1. The Bertz CT molecular complexity index is 489. The van der Waals surface area contributed by atoms with Crippen molar-refractivity contribution in [1.29, 1.82) is 0 Å². The molecule has 0 saturated carbocycles. The van der Waals surface area contributed by atoms with E-state index in [1.807, 2.05) is 5.38 Å². The first-order valence-electron chi connectivity index (χ1n) is 6.63. The number of hydrogen-bond acceptors (Lipinski definition) is 6. The quantitative estimate of drug-likeness (QED) is 0.821. The van der Waals surface area contributed by atoms with E-state index in [4.69, 9.17) is 10.5 Å². The van der Waals surface area contributed by atoms with Gasteiger partial charge < -0.3 is 15.4 Å². The van der Waals surface area contributed by atoms with Crippen LogP contribution >= 0.6 is 11.3 Å². The molecule has 2 N–H and O–H groups in total. The third-order valence-electron chi connectivity index (χ3n) is 3.41. The molecule has 2 rings (SSSR count). The Labute approximate surface area is 121 Å². The van der Waals surface area contributed by atoms with Crippen molar-refractivity contribution in [2.75, 3.05) is 20.2 Å². The number of hydrogen-bond donors (Lipinski definition) is 1. The smallest absolute Gasteiger partial charge is 0.310 e. The first-order chi connectivity index (χ1) is 9.63. The lowest BCUT2D eigenvalue weighted by molar-refractivity contribution is -0.148. The second-order valence-electron chi connectivity index (χ2n) is 4.82. The summed E-state index contributed by atoms with van der Waals surface area (Å²) in [6.07, 6.45) is 1.88. The minimum Gasteiger partial charge on any atom is -0.469 e. The van der Waals surface area contributed by atoms with Gasteiger partial charge in [0.2, 0.25) is 5.91 Å². The maximum Gasteiger partial charge on any atom is 0.310 e. The summed E-state index contributed by atoms with van der Waals surface area (Å²) in [7, 11) is 1.38. The molecule has 1 aliphatic heterocycles. The summed E-state index contributed by atoms with van der Waals surface area (Å²) >= 11 is 1.47. The van der Waals surface area contributed by atoms with Gasteiger partial charge in [-0.05, 0) is 12.8 Å². The van der Waals surface area contributed by atoms with Crippen LogP contribution in [0.3, 0.4) is 0 Å². The van der Waals surface area contributed by atoms with Gasteiger partial charge in [0.1, 0.15) is 5.01 Å². The molecule has 1 atom stereocenters. The molecule has 6 nitrogen and oxygen atoms in total. The summed E-state index contributed by atoms with van der Waals surface area (Å²) in [5.41, 5.74) is 6.26. The van der Waals surface area contributed by atoms with Crippen LogP contribution < -0.4 is 5.73 Å². The third kappa shape index (κ3) is 3.55. The van der Waals surface area contributed by atoms with E-state index in [2.05, 4.69) is 4.98 Å². The number of likely N-dealkylation sites (tertiary alicyclic amines) is 1. The van der Waals surface area contributed by atoms with Crippen molar-refractivity contribution in [3.63, 3.8) is 0 Å². The maximum absolute atomic E-state index is 12.2. The Kier molecular flexibility index (Phi) is 5.08. The van der Waals surface area contributed by atoms with Crippen LogP contribution in [-0.2, 0) is 27.3 Å². The van der Waals surface area contributed by atoms with E-state index in [-0.39, 0.29) is 24.2 Å². The largest absolute Gasteiger partial charge is 0.469 e. The van der Waals surface area contributed by atoms with Gasteiger partial charge in [-0.25, -0.2) is 4.98 Å². The molecule has 1 saturated heterocycles. The number of carbonyl (C=O) groups is 2. The monoisotopic (exact) mass is 297 g/mol. The highest BCUT2D eigenvalue weighted by atomic mass is 32.1. The van der Waals surface area contributed by atoms with Crippen LogP contribution in [0, 0.1) is 5.92 Å². The van der Waals surface area contributed by atoms with Crippen molar-refractivity contribution in [3.8, 4) is 0 Å². The highest BCUT2D eigenvalue weighted by Crippen LogP contribution is 2.19. The van der Waals surface area contributed by atoms with Gasteiger partial charge in [-0.1, -0.05) is 0 Å². The predicted molar refractivity (Wildman–Crippen MR) is 75.0 cm³/mol. The fraction of sp³-hybridized carbons (Fsp3) is 0.615. The molecule has 0 bridgehead atoms. The van der Waals surface area contributed by atoms with E-state index in [0.29, 0.717) is 19.6 Å². The summed E-state index contributed by atoms with van der Waals surface area (Å²) in [4.78, 5) is 29.8. The number of amides is 1. The molecular formula is C13H19N3O3S. The zero-order valence-electron chi connectivity index (χ0n) is 11.5. The first-order valence-corrected chi connectivity index (χ1v) is 7.51. The molecule has 0 aromatic carbocycles. The number of nitrogens with two attached hydrogens (primary N) is 1.